The summed E-state index contributed by atoms with van der Waals surface area (Å²) in [6, 6.07) is 21.7. The van der Waals surface area contributed by atoms with E-state index in [4.69, 9.17) is 14.2 Å². The zero-order chi connectivity index (χ0) is 32.8. The van der Waals surface area contributed by atoms with Crippen molar-refractivity contribution in [3.63, 3.8) is 0 Å². The molecule has 1 saturated heterocycles. The molecular weight excluding hydrogens is 598 g/mol. The van der Waals surface area contributed by atoms with Gasteiger partial charge in [-0.1, -0.05) is 18.2 Å². The van der Waals surface area contributed by atoms with E-state index in [0.717, 1.165) is 31.3 Å². The Morgan fingerprint density at radius 3 is 2.19 bits per heavy atom. The van der Waals surface area contributed by atoms with Gasteiger partial charge in [0.25, 0.3) is 0 Å². The standard InChI is InChI=1S/C36H39N5O6/c1-37-33(42)22-41-18-13-24(14-19-41)23-46-32-21-29-28(20-31(32)45-2)30(12-17-38-29)47-27-10-8-26(9-11-27)40-35(44)36(15-16-36)34(43)39-25-6-4-3-5-7-25/h3-12,17,20-21,24H,13-16,18-19,22-23H2,1-2H3,(H,37,42)(H,39,43)(H,40,44). The van der Waals surface area contributed by atoms with Gasteiger partial charge in [0.1, 0.15) is 16.9 Å². The topological polar surface area (TPSA) is 131 Å². The molecule has 6 rings (SSSR count). The van der Waals surface area contributed by atoms with Gasteiger partial charge in [-0.25, -0.2) is 0 Å². The number of hydrogen-bond donors (Lipinski definition) is 3. The lowest BCUT2D eigenvalue weighted by molar-refractivity contribution is -0.131. The monoisotopic (exact) mass is 637 g/mol. The first kappa shape index (κ1) is 31.8. The van der Waals surface area contributed by atoms with Crippen molar-refractivity contribution in [3.8, 4) is 23.0 Å². The number of ether oxygens (including phenoxy) is 3. The van der Waals surface area contributed by atoms with Crippen LogP contribution in [0, 0.1) is 11.3 Å². The molecule has 0 bridgehead atoms. The smallest absolute Gasteiger partial charge is 0.240 e. The minimum absolute atomic E-state index is 0.0331. The van der Waals surface area contributed by atoms with Crippen molar-refractivity contribution >= 4 is 40.0 Å². The number of anilines is 2. The van der Waals surface area contributed by atoms with Crippen molar-refractivity contribution in [2.45, 2.75) is 25.7 Å². The number of carbonyl (C=O) groups is 3. The Kier molecular flexibility index (Phi) is 9.53. The van der Waals surface area contributed by atoms with Gasteiger partial charge in [-0.05, 0) is 93.2 Å². The summed E-state index contributed by atoms with van der Waals surface area (Å²) in [7, 11) is 3.26. The Hall–Kier alpha value is -5.16. The van der Waals surface area contributed by atoms with Gasteiger partial charge in [-0.3, -0.25) is 24.3 Å². The van der Waals surface area contributed by atoms with Crippen molar-refractivity contribution in [1.82, 2.24) is 15.2 Å². The zero-order valence-corrected chi connectivity index (χ0v) is 26.6. The number of para-hydroxylation sites is 1. The number of benzene rings is 3. The summed E-state index contributed by atoms with van der Waals surface area (Å²) in [5.41, 5.74) is 0.872. The van der Waals surface area contributed by atoms with Crippen molar-refractivity contribution in [3.05, 3.63) is 79.0 Å². The lowest BCUT2D eigenvalue weighted by Gasteiger charge is -2.31. The fourth-order valence-electron chi connectivity index (χ4n) is 5.73. The second-order valence-electron chi connectivity index (χ2n) is 12.0. The van der Waals surface area contributed by atoms with Gasteiger partial charge >= 0.3 is 0 Å². The lowest BCUT2D eigenvalue weighted by atomic mass is 9.98. The predicted molar refractivity (Wildman–Crippen MR) is 179 cm³/mol. The number of hydrogen-bond acceptors (Lipinski definition) is 8. The number of piperidine rings is 1. The van der Waals surface area contributed by atoms with Gasteiger partial charge in [0.2, 0.25) is 17.7 Å². The minimum Gasteiger partial charge on any atom is -0.493 e. The number of nitrogens with one attached hydrogen (secondary N) is 3. The SMILES string of the molecule is CNC(=O)CN1CCC(COc2cc3nccc(Oc4ccc(NC(=O)C5(C(=O)Nc6ccccc6)CC5)cc4)c3cc2OC)CC1. The average molecular weight is 638 g/mol. The molecule has 11 nitrogen and oxygen atoms in total. The molecular formula is C36H39N5O6. The molecule has 244 valence electrons. The van der Waals surface area contributed by atoms with E-state index in [-0.39, 0.29) is 17.7 Å². The summed E-state index contributed by atoms with van der Waals surface area (Å²) >= 11 is 0. The summed E-state index contributed by atoms with van der Waals surface area (Å²) in [5.74, 6) is 2.15. The molecule has 0 atom stereocenters. The summed E-state index contributed by atoms with van der Waals surface area (Å²) in [5, 5.41) is 9.18. The van der Waals surface area contributed by atoms with Crippen LogP contribution in [0.1, 0.15) is 25.7 Å². The fraction of sp³-hybridized carbons (Fsp3) is 0.333. The summed E-state index contributed by atoms with van der Waals surface area (Å²) in [4.78, 5) is 44.4. The van der Waals surface area contributed by atoms with E-state index in [1.807, 2.05) is 30.3 Å². The number of rotatable bonds is 12. The van der Waals surface area contributed by atoms with Crippen LogP contribution in [0.2, 0.25) is 0 Å². The molecule has 3 amide bonds. The van der Waals surface area contributed by atoms with Gasteiger partial charge in [0.15, 0.2) is 11.5 Å². The van der Waals surface area contributed by atoms with E-state index < -0.39 is 5.41 Å². The van der Waals surface area contributed by atoms with E-state index >= 15 is 0 Å². The van der Waals surface area contributed by atoms with Crippen molar-refractivity contribution < 1.29 is 28.6 Å². The highest BCUT2D eigenvalue weighted by atomic mass is 16.5. The molecule has 1 aliphatic heterocycles. The molecule has 3 aromatic carbocycles. The van der Waals surface area contributed by atoms with E-state index in [1.165, 1.54) is 0 Å². The van der Waals surface area contributed by atoms with E-state index in [0.29, 0.717) is 71.8 Å². The third-order valence-corrected chi connectivity index (χ3v) is 8.81. The first-order chi connectivity index (χ1) is 22.9. The van der Waals surface area contributed by atoms with Crippen molar-refractivity contribution in [2.75, 3.05) is 51.0 Å². The first-order valence-electron chi connectivity index (χ1n) is 15.9. The molecule has 3 N–H and O–H groups in total. The Morgan fingerprint density at radius 1 is 0.872 bits per heavy atom. The van der Waals surface area contributed by atoms with Crippen LogP contribution in [-0.4, -0.2) is 68.0 Å². The molecule has 4 aromatic rings. The van der Waals surface area contributed by atoms with Crippen LogP contribution >= 0.6 is 0 Å². The van der Waals surface area contributed by atoms with Crippen molar-refractivity contribution in [1.29, 1.82) is 0 Å². The molecule has 1 saturated carbocycles. The third-order valence-electron chi connectivity index (χ3n) is 8.81. The van der Waals surface area contributed by atoms with Crippen LogP contribution in [0.5, 0.6) is 23.0 Å². The second kappa shape index (κ2) is 14.1. The van der Waals surface area contributed by atoms with Gasteiger partial charge in [0.05, 0.1) is 25.8 Å². The normalized spacial score (nSPS) is 15.8. The van der Waals surface area contributed by atoms with Crippen LogP contribution in [0.4, 0.5) is 11.4 Å². The number of aromatic nitrogens is 1. The number of methoxy groups -OCH3 is 1. The maximum atomic E-state index is 13.1. The highest BCUT2D eigenvalue weighted by Crippen LogP contribution is 2.47. The number of pyridine rings is 1. The number of amides is 3. The van der Waals surface area contributed by atoms with Crippen LogP contribution in [-0.2, 0) is 14.4 Å². The molecule has 0 unspecified atom stereocenters. The molecule has 1 aromatic heterocycles. The molecule has 1 aliphatic carbocycles. The summed E-state index contributed by atoms with van der Waals surface area (Å²) in [6.07, 6.45) is 4.60. The molecule has 11 heteroatoms. The second-order valence-corrected chi connectivity index (χ2v) is 12.0. The van der Waals surface area contributed by atoms with Gasteiger partial charge in [0, 0.05) is 36.1 Å². The summed E-state index contributed by atoms with van der Waals surface area (Å²) in [6.45, 7) is 2.69. The first-order valence-corrected chi connectivity index (χ1v) is 15.9. The maximum Gasteiger partial charge on any atom is 0.240 e. The van der Waals surface area contributed by atoms with E-state index in [9.17, 15) is 14.4 Å². The highest BCUT2D eigenvalue weighted by molar-refractivity contribution is 6.16. The Labute approximate surface area is 273 Å². The molecule has 0 radical (unpaired) electrons. The van der Waals surface area contributed by atoms with E-state index in [2.05, 4.69) is 25.8 Å². The maximum absolute atomic E-state index is 13.1. The van der Waals surface area contributed by atoms with Crippen molar-refractivity contribution in [2.24, 2.45) is 11.3 Å². The number of carbonyl (C=O) groups excluding carboxylic acids is 3. The number of likely N-dealkylation sites (tertiary alicyclic amines) is 1. The predicted octanol–water partition coefficient (Wildman–Crippen LogP) is 5.23. The third kappa shape index (κ3) is 7.47. The Bertz CT molecular complexity index is 1730. The number of fused-ring (bicyclic) bond motifs is 1. The highest BCUT2D eigenvalue weighted by Gasteiger charge is 2.56. The number of nitrogens with zero attached hydrogens (tertiary/aromatic N) is 2. The molecule has 2 fully saturated rings. The minimum atomic E-state index is -1.06. The van der Waals surface area contributed by atoms with Gasteiger partial charge in [-0.2, -0.15) is 0 Å². The van der Waals surface area contributed by atoms with Crippen LogP contribution in [0.25, 0.3) is 10.9 Å². The number of likely N-dealkylation sites (N-methyl/N-ethyl adjacent to an activating group) is 1. The molecule has 47 heavy (non-hydrogen) atoms. The van der Waals surface area contributed by atoms with Crippen LogP contribution in [0.15, 0.2) is 79.0 Å². The van der Waals surface area contributed by atoms with Gasteiger partial charge in [-0.15, -0.1) is 0 Å². The Balaban J connectivity index is 1.07. The molecule has 2 aliphatic rings. The van der Waals surface area contributed by atoms with Crippen LogP contribution in [0.3, 0.4) is 0 Å². The summed E-state index contributed by atoms with van der Waals surface area (Å²) < 4.78 is 18.1. The molecule has 2 heterocycles. The van der Waals surface area contributed by atoms with Crippen LogP contribution < -0.4 is 30.2 Å². The quantitative estimate of drug-likeness (QED) is 0.180. The lowest BCUT2D eigenvalue weighted by Crippen LogP contribution is -2.41. The largest absolute Gasteiger partial charge is 0.493 e. The fourth-order valence-corrected chi connectivity index (χ4v) is 5.73. The average Bonchev–Trinajstić information content (AvgIpc) is 3.92. The van der Waals surface area contributed by atoms with E-state index in [1.54, 1.807) is 62.8 Å². The zero-order valence-electron chi connectivity index (χ0n) is 26.6. The van der Waals surface area contributed by atoms with Gasteiger partial charge < -0.3 is 30.2 Å². The Morgan fingerprint density at radius 2 is 1.55 bits per heavy atom. The molecule has 0 spiro atoms.